The molecule has 5 nitrogen and oxygen atoms in total. The highest BCUT2D eigenvalue weighted by Gasteiger charge is 2.21. The molecule has 2 amide bonds. The molecule has 0 saturated heterocycles. The van der Waals surface area contributed by atoms with Gasteiger partial charge in [-0.25, -0.2) is 4.98 Å². The minimum atomic E-state index is -0.262. The topological polar surface area (TPSA) is 71.1 Å². The largest absolute Gasteiger partial charge is 0.352 e. The van der Waals surface area contributed by atoms with E-state index in [1.54, 1.807) is 30.5 Å². The van der Waals surface area contributed by atoms with E-state index in [4.69, 9.17) is 0 Å². The van der Waals surface area contributed by atoms with Crippen molar-refractivity contribution in [1.82, 2.24) is 10.3 Å². The number of nitrogens with one attached hydrogen (secondary N) is 2. The fraction of sp³-hybridized carbons (Fsp3) is 0.261. The maximum absolute atomic E-state index is 12.7. The van der Waals surface area contributed by atoms with Crippen molar-refractivity contribution in [3.8, 4) is 0 Å². The fourth-order valence-electron chi connectivity index (χ4n) is 2.76. The molecular formula is C23H25N3O2S. The predicted molar refractivity (Wildman–Crippen MR) is 118 cm³/mol. The summed E-state index contributed by atoms with van der Waals surface area (Å²) in [6.45, 7) is 6.70. The van der Waals surface area contributed by atoms with Crippen molar-refractivity contribution in [2.45, 2.75) is 32.6 Å². The Kier molecular flexibility index (Phi) is 6.44. The number of anilines is 1. The van der Waals surface area contributed by atoms with Crippen molar-refractivity contribution in [3.05, 3.63) is 81.8 Å². The van der Waals surface area contributed by atoms with Crippen LogP contribution in [-0.2, 0) is 11.8 Å². The van der Waals surface area contributed by atoms with Gasteiger partial charge in [-0.2, -0.15) is 0 Å². The molecule has 0 fully saturated rings. The van der Waals surface area contributed by atoms with Gasteiger partial charge in [-0.05, 0) is 24.1 Å². The second-order valence-electron chi connectivity index (χ2n) is 7.77. The number of carbonyl (C=O) groups is 2. The normalized spacial score (nSPS) is 11.1. The van der Waals surface area contributed by atoms with Crippen molar-refractivity contribution >= 4 is 28.8 Å². The summed E-state index contributed by atoms with van der Waals surface area (Å²) in [7, 11) is 0. The number of hydrogen-bond acceptors (Lipinski definition) is 4. The van der Waals surface area contributed by atoms with Crippen LogP contribution in [0.5, 0.6) is 0 Å². The van der Waals surface area contributed by atoms with Crippen LogP contribution in [-0.4, -0.2) is 23.3 Å². The summed E-state index contributed by atoms with van der Waals surface area (Å²) in [5.41, 5.74) is 1.98. The van der Waals surface area contributed by atoms with E-state index in [-0.39, 0.29) is 17.2 Å². The van der Waals surface area contributed by atoms with Crippen LogP contribution in [0.4, 0.5) is 5.69 Å². The lowest BCUT2D eigenvalue weighted by Gasteiger charge is -2.13. The van der Waals surface area contributed by atoms with Crippen LogP contribution in [0.15, 0.2) is 60.8 Å². The van der Waals surface area contributed by atoms with Crippen LogP contribution in [0.3, 0.4) is 0 Å². The zero-order chi connectivity index (χ0) is 20.9. The lowest BCUT2D eigenvalue weighted by Crippen LogP contribution is -2.27. The van der Waals surface area contributed by atoms with E-state index < -0.39 is 0 Å². The Balaban J connectivity index is 1.66. The molecule has 3 aromatic rings. The molecule has 2 aromatic carbocycles. The molecule has 2 N–H and O–H groups in total. The van der Waals surface area contributed by atoms with Gasteiger partial charge in [-0.15, -0.1) is 11.3 Å². The number of hydrogen-bond donors (Lipinski definition) is 2. The number of benzene rings is 2. The first-order valence-corrected chi connectivity index (χ1v) is 10.3. The summed E-state index contributed by atoms with van der Waals surface area (Å²) in [5, 5.41) is 6.67. The number of thiazole rings is 1. The van der Waals surface area contributed by atoms with Crippen LogP contribution < -0.4 is 10.6 Å². The van der Waals surface area contributed by atoms with Crippen LogP contribution in [0.1, 0.15) is 51.4 Å². The molecule has 0 aliphatic heterocycles. The maximum Gasteiger partial charge on any atom is 0.267 e. The van der Waals surface area contributed by atoms with Gasteiger partial charge in [-0.1, -0.05) is 63.2 Å². The molecule has 1 aromatic heterocycles. The van der Waals surface area contributed by atoms with E-state index in [9.17, 15) is 9.59 Å². The van der Waals surface area contributed by atoms with Crippen LogP contribution in [0, 0.1) is 0 Å². The number of aromatic nitrogens is 1. The molecule has 0 aliphatic carbocycles. The molecule has 0 atom stereocenters. The standard InChI is InChI=1S/C23H25N3O2S/c1-23(2,3)22-25-15-19(29-22)21(28)26-18-12-8-7-11-17(18)20(27)24-14-13-16-9-5-4-6-10-16/h4-12,15H,13-14H2,1-3H3,(H,24,27)(H,26,28). The number of nitrogens with zero attached hydrogens (tertiary/aromatic N) is 1. The molecule has 150 valence electrons. The van der Waals surface area contributed by atoms with Crippen molar-refractivity contribution in [3.63, 3.8) is 0 Å². The highest BCUT2D eigenvalue weighted by Crippen LogP contribution is 2.27. The summed E-state index contributed by atoms with van der Waals surface area (Å²) in [5.74, 6) is -0.473. The minimum Gasteiger partial charge on any atom is -0.352 e. The summed E-state index contributed by atoms with van der Waals surface area (Å²) < 4.78 is 0. The third kappa shape index (κ3) is 5.51. The van der Waals surface area contributed by atoms with Gasteiger partial charge in [0, 0.05) is 12.0 Å². The second kappa shape index (κ2) is 9.01. The SMILES string of the molecule is CC(C)(C)c1ncc(C(=O)Nc2ccccc2C(=O)NCCc2ccccc2)s1. The van der Waals surface area contributed by atoms with Gasteiger partial charge < -0.3 is 10.6 Å². The first-order valence-electron chi connectivity index (χ1n) is 9.53. The van der Waals surface area contributed by atoms with E-state index in [2.05, 4.69) is 36.4 Å². The lowest BCUT2D eigenvalue weighted by atomic mass is 9.98. The molecular weight excluding hydrogens is 382 g/mol. The van der Waals surface area contributed by atoms with Crippen LogP contribution in [0.25, 0.3) is 0 Å². The monoisotopic (exact) mass is 407 g/mol. The van der Waals surface area contributed by atoms with Crippen molar-refractivity contribution in [1.29, 1.82) is 0 Å². The molecule has 29 heavy (non-hydrogen) atoms. The van der Waals surface area contributed by atoms with Gasteiger partial charge in [-0.3, -0.25) is 9.59 Å². The molecule has 0 radical (unpaired) electrons. The van der Waals surface area contributed by atoms with Crippen molar-refractivity contribution < 1.29 is 9.59 Å². The van der Waals surface area contributed by atoms with E-state index in [1.165, 1.54) is 11.3 Å². The Morgan fingerprint density at radius 1 is 0.966 bits per heavy atom. The zero-order valence-corrected chi connectivity index (χ0v) is 17.7. The summed E-state index contributed by atoms with van der Waals surface area (Å²) in [6, 6.07) is 17.0. The van der Waals surface area contributed by atoms with Gasteiger partial charge in [0.2, 0.25) is 0 Å². The quantitative estimate of drug-likeness (QED) is 0.624. The highest BCUT2D eigenvalue weighted by molar-refractivity contribution is 7.13. The Bertz CT molecular complexity index is 991. The molecule has 0 aliphatic rings. The van der Waals surface area contributed by atoms with Gasteiger partial charge >= 0.3 is 0 Å². The van der Waals surface area contributed by atoms with Gasteiger partial charge in [0.05, 0.1) is 22.5 Å². The molecule has 1 heterocycles. The molecule has 3 rings (SSSR count). The van der Waals surface area contributed by atoms with Gasteiger partial charge in [0.1, 0.15) is 4.88 Å². The fourth-order valence-corrected chi connectivity index (χ4v) is 3.63. The highest BCUT2D eigenvalue weighted by atomic mass is 32.1. The Morgan fingerprint density at radius 3 is 2.34 bits per heavy atom. The first-order chi connectivity index (χ1) is 13.8. The van der Waals surface area contributed by atoms with E-state index in [0.29, 0.717) is 22.7 Å². The summed E-state index contributed by atoms with van der Waals surface area (Å²) in [4.78, 5) is 30.2. The molecule has 0 saturated carbocycles. The Labute approximate surface area is 175 Å². The minimum absolute atomic E-state index is 0.111. The summed E-state index contributed by atoms with van der Waals surface area (Å²) in [6.07, 6.45) is 2.33. The third-order valence-electron chi connectivity index (χ3n) is 4.33. The van der Waals surface area contributed by atoms with E-state index in [0.717, 1.165) is 17.0 Å². The lowest BCUT2D eigenvalue weighted by molar-refractivity contribution is 0.0955. The number of para-hydroxylation sites is 1. The van der Waals surface area contributed by atoms with Crippen molar-refractivity contribution in [2.75, 3.05) is 11.9 Å². The molecule has 0 unspecified atom stereocenters. The zero-order valence-electron chi connectivity index (χ0n) is 16.9. The van der Waals surface area contributed by atoms with Crippen molar-refractivity contribution in [2.24, 2.45) is 0 Å². The van der Waals surface area contributed by atoms with E-state index >= 15 is 0 Å². The summed E-state index contributed by atoms with van der Waals surface area (Å²) >= 11 is 1.37. The third-order valence-corrected chi connectivity index (χ3v) is 5.75. The Morgan fingerprint density at radius 2 is 1.66 bits per heavy atom. The average molecular weight is 408 g/mol. The van der Waals surface area contributed by atoms with Gasteiger partial charge in [0.25, 0.3) is 11.8 Å². The number of amides is 2. The molecule has 0 bridgehead atoms. The first kappa shape index (κ1) is 20.7. The number of rotatable bonds is 6. The number of carbonyl (C=O) groups excluding carboxylic acids is 2. The predicted octanol–water partition coefficient (Wildman–Crippen LogP) is 4.67. The Hall–Kier alpha value is -2.99. The maximum atomic E-state index is 12.7. The second-order valence-corrected chi connectivity index (χ2v) is 8.80. The van der Waals surface area contributed by atoms with Crippen LogP contribution >= 0.6 is 11.3 Å². The van der Waals surface area contributed by atoms with Crippen LogP contribution in [0.2, 0.25) is 0 Å². The average Bonchev–Trinajstić information content (AvgIpc) is 3.20. The van der Waals surface area contributed by atoms with E-state index in [1.807, 2.05) is 30.3 Å². The molecule has 0 spiro atoms. The smallest absolute Gasteiger partial charge is 0.267 e. The van der Waals surface area contributed by atoms with Gasteiger partial charge in [0.15, 0.2) is 0 Å². The molecule has 6 heteroatoms.